The summed E-state index contributed by atoms with van der Waals surface area (Å²) in [6.07, 6.45) is 9.57. The van der Waals surface area contributed by atoms with Crippen LogP contribution in [0.4, 0.5) is 0 Å². The molecule has 0 saturated carbocycles. The van der Waals surface area contributed by atoms with Crippen molar-refractivity contribution in [3.63, 3.8) is 0 Å². The molecule has 0 aromatic heterocycles. The maximum Gasteiger partial charge on any atom is 0.173 e. The van der Waals surface area contributed by atoms with Gasteiger partial charge in [0.15, 0.2) is 33.3 Å². The molecular formula is C43H100N2O10Si4+2. The van der Waals surface area contributed by atoms with Crippen LogP contribution in [0.25, 0.3) is 0 Å². The van der Waals surface area contributed by atoms with E-state index in [1.54, 1.807) is 0 Å². The summed E-state index contributed by atoms with van der Waals surface area (Å²) in [6, 6.07) is 4.14. The van der Waals surface area contributed by atoms with E-state index in [0.29, 0.717) is 65.7 Å². The predicted molar refractivity (Wildman–Crippen MR) is 254 cm³/mol. The summed E-state index contributed by atoms with van der Waals surface area (Å²) >= 11 is 0. The maximum absolute atomic E-state index is 10.6. The summed E-state index contributed by atoms with van der Waals surface area (Å²) in [5.41, 5.74) is 0. The summed E-state index contributed by atoms with van der Waals surface area (Å²) in [7, 11) is -0.742. The molecular weight excluding hydrogens is 817 g/mol. The van der Waals surface area contributed by atoms with Gasteiger partial charge >= 0.3 is 0 Å². The first-order valence-electron chi connectivity index (χ1n) is 23.6. The Labute approximate surface area is 367 Å². The molecule has 0 amide bonds. The van der Waals surface area contributed by atoms with E-state index in [9.17, 15) is 20.4 Å². The molecule has 12 nitrogen and oxygen atoms in total. The molecule has 0 spiro atoms. The fourth-order valence-corrected chi connectivity index (χ4v) is 25.4. The van der Waals surface area contributed by atoms with Crippen molar-refractivity contribution in [2.75, 3.05) is 93.6 Å². The molecule has 0 aliphatic carbocycles. The van der Waals surface area contributed by atoms with Crippen molar-refractivity contribution in [1.82, 2.24) is 0 Å². The summed E-state index contributed by atoms with van der Waals surface area (Å²) < 4.78 is 37.5. The normalized spacial score (nSPS) is 15.5. The van der Waals surface area contributed by atoms with Gasteiger partial charge in [-0.05, 0) is 154 Å². The Morgan fingerprint density at radius 3 is 1.20 bits per heavy atom. The number of quaternary nitrogens is 2. The SMILES string of the molecule is CCC(O)COCCC[Si](C)(C)O[Si](C)(C)CCCOCC(O)CCCC(O)COCCC[Si](C)(C)O[Si](C)(C)CCCOCC(O)C[N+](C)(C)CCCCCC[NH2+]C. The van der Waals surface area contributed by atoms with Crippen molar-refractivity contribution in [2.45, 2.75) is 185 Å². The van der Waals surface area contributed by atoms with Crippen molar-refractivity contribution in [3.05, 3.63) is 0 Å². The van der Waals surface area contributed by atoms with Crippen LogP contribution in [-0.2, 0) is 27.2 Å². The first-order chi connectivity index (χ1) is 27.5. The highest BCUT2D eigenvalue weighted by molar-refractivity contribution is 6.85. The van der Waals surface area contributed by atoms with Crippen molar-refractivity contribution in [1.29, 1.82) is 0 Å². The van der Waals surface area contributed by atoms with Crippen molar-refractivity contribution in [3.8, 4) is 0 Å². The second kappa shape index (κ2) is 33.0. The topological polar surface area (TPSA) is 153 Å². The summed E-state index contributed by atoms with van der Waals surface area (Å²) in [5, 5.41) is 43.3. The van der Waals surface area contributed by atoms with Crippen molar-refractivity contribution in [2.24, 2.45) is 0 Å². The number of likely N-dealkylation sites (N-methyl/N-ethyl adjacent to an activating group) is 1. The van der Waals surface area contributed by atoms with E-state index in [4.69, 9.17) is 27.2 Å². The Bertz CT molecular complexity index is 1000. The van der Waals surface area contributed by atoms with Crippen LogP contribution in [-0.4, -0.2) is 176 Å². The third-order valence-electron chi connectivity index (χ3n) is 10.9. The Morgan fingerprint density at radius 1 is 0.475 bits per heavy atom. The van der Waals surface area contributed by atoms with Gasteiger partial charge in [0.25, 0.3) is 0 Å². The van der Waals surface area contributed by atoms with Crippen LogP contribution in [0, 0.1) is 0 Å². The molecule has 59 heavy (non-hydrogen) atoms. The average molecular weight is 918 g/mol. The van der Waals surface area contributed by atoms with Crippen LogP contribution < -0.4 is 5.32 Å². The van der Waals surface area contributed by atoms with Crippen LogP contribution in [0.15, 0.2) is 0 Å². The van der Waals surface area contributed by atoms with E-state index in [2.05, 4.69) is 78.8 Å². The predicted octanol–water partition coefficient (Wildman–Crippen LogP) is 6.32. The smallest absolute Gasteiger partial charge is 0.173 e. The lowest BCUT2D eigenvalue weighted by Gasteiger charge is -2.34. The third kappa shape index (κ3) is 37.5. The molecule has 0 aromatic rings. The number of aliphatic hydroxyl groups excluding tert-OH is 4. The van der Waals surface area contributed by atoms with Gasteiger partial charge in [-0.1, -0.05) is 6.92 Å². The van der Waals surface area contributed by atoms with Crippen molar-refractivity contribution >= 4 is 33.3 Å². The van der Waals surface area contributed by atoms with E-state index in [0.717, 1.165) is 80.3 Å². The first kappa shape index (κ1) is 59.4. The molecule has 0 radical (unpaired) electrons. The largest absolute Gasteiger partial charge is 0.455 e. The second-order valence-corrected chi connectivity index (χ2v) is 38.1. The number of hydrogen-bond acceptors (Lipinski definition) is 10. The lowest BCUT2D eigenvalue weighted by Crippen LogP contribution is -2.79. The zero-order valence-electron chi connectivity index (χ0n) is 40.7. The van der Waals surface area contributed by atoms with Gasteiger partial charge in [-0.25, -0.2) is 0 Å². The molecule has 4 atom stereocenters. The molecule has 16 heteroatoms. The lowest BCUT2D eigenvalue weighted by molar-refractivity contribution is -0.893. The monoisotopic (exact) mass is 917 g/mol. The molecule has 0 bridgehead atoms. The molecule has 356 valence electrons. The van der Waals surface area contributed by atoms with Crippen molar-refractivity contribution < 1.29 is 57.4 Å². The molecule has 0 heterocycles. The highest BCUT2D eigenvalue weighted by atomic mass is 28.4. The molecule has 4 unspecified atom stereocenters. The zero-order valence-corrected chi connectivity index (χ0v) is 44.7. The Kier molecular flexibility index (Phi) is 33.2. The Hall–Kier alpha value is 0.388. The number of nitrogens with zero attached hydrogens (tertiary/aromatic N) is 1. The minimum absolute atomic E-state index is 0.317. The van der Waals surface area contributed by atoms with Crippen LogP contribution in [0.3, 0.4) is 0 Å². The highest BCUT2D eigenvalue weighted by Gasteiger charge is 2.33. The van der Waals surface area contributed by atoms with Gasteiger partial charge < -0.3 is 57.4 Å². The fraction of sp³-hybridized carbons (Fsp3) is 1.00. The van der Waals surface area contributed by atoms with Gasteiger partial charge in [-0.2, -0.15) is 0 Å². The summed E-state index contributed by atoms with van der Waals surface area (Å²) in [5.74, 6) is 0. The Balaban J connectivity index is 4.03. The number of ether oxygens (including phenoxy) is 4. The maximum atomic E-state index is 10.6. The quantitative estimate of drug-likeness (QED) is 0.0267. The van der Waals surface area contributed by atoms with Gasteiger partial charge in [0.1, 0.15) is 12.6 Å². The minimum Gasteiger partial charge on any atom is -0.455 e. The van der Waals surface area contributed by atoms with Crippen LogP contribution in [0.5, 0.6) is 0 Å². The third-order valence-corrected chi connectivity index (χ3v) is 25.9. The Morgan fingerprint density at radius 2 is 0.831 bits per heavy atom. The minimum atomic E-state index is -1.85. The average Bonchev–Trinajstić information content (AvgIpc) is 3.11. The van der Waals surface area contributed by atoms with Crippen LogP contribution in [0.2, 0.25) is 76.6 Å². The lowest BCUT2D eigenvalue weighted by atomic mass is 10.1. The van der Waals surface area contributed by atoms with E-state index in [1.165, 1.54) is 32.2 Å². The molecule has 0 saturated heterocycles. The summed E-state index contributed by atoms with van der Waals surface area (Å²) in [4.78, 5) is 0. The first-order valence-corrected chi connectivity index (χ1v) is 36.0. The molecule has 0 aromatic carbocycles. The number of aliphatic hydroxyl groups is 4. The van der Waals surface area contributed by atoms with E-state index in [1.807, 2.05) is 6.92 Å². The highest BCUT2D eigenvalue weighted by Crippen LogP contribution is 2.25. The van der Waals surface area contributed by atoms with Gasteiger partial charge in [0, 0.05) is 26.4 Å². The molecule has 0 rings (SSSR count). The standard InChI is InChI=1S/C43H99N2O10Si4/c1-13-40(46)36-50-27-19-31-56(5,6)54-57(7,8)32-20-28-51-37-41(47)23-18-24-42(48)38-52-29-21-33-58(9,10)55-59(11,12)34-22-30-53-39-43(49)35-45(3,4)26-17-15-14-16-25-44-2/h40-44,46-49H,13-39H2,1-12H3/q+1/p+1. The summed E-state index contributed by atoms with van der Waals surface area (Å²) in [6.45, 7) is 27.3. The van der Waals surface area contributed by atoms with Gasteiger partial charge in [0.2, 0.25) is 0 Å². The molecule has 0 fully saturated rings. The number of hydrogen-bond donors (Lipinski definition) is 5. The van der Waals surface area contributed by atoms with E-state index >= 15 is 0 Å². The zero-order chi connectivity index (χ0) is 44.9. The van der Waals surface area contributed by atoms with E-state index < -0.39 is 51.6 Å². The number of nitrogens with two attached hydrogens (primary N) is 1. The second-order valence-electron chi connectivity index (χ2n) is 20.4. The molecule has 6 N–H and O–H groups in total. The molecule has 0 aliphatic rings. The van der Waals surface area contributed by atoms with Gasteiger partial charge in [-0.15, -0.1) is 0 Å². The van der Waals surface area contributed by atoms with Gasteiger partial charge in [0.05, 0.1) is 79.0 Å². The van der Waals surface area contributed by atoms with Crippen LogP contribution in [0.1, 0.15) is 84.0 Å². The van der Waals surface area contributed by atoms with E-state index in [-0.39, 0.29) is 6.10 Å². The molecule has 0 aliphatic heterocycles. The number of unbranched alkanes of at least 4 members (excludes halogenated alkanes) is 3. The fourth-order valence-electron chi connectivity index (χ4n) is 7.81. The van der Waals surface area contributed by atoms with Gasteiger partial charge in [-0.3, -0.25) is 0 Å². The van der Waals surface area contributed by atoms with Crippen LogP contribution >= 0.6 is 0 Å². The number of rotatable bonds is 42.